The topological polar surface area (TPSA) is 69.7 Å². The summed E-state index contributed by atoms with van der Waals surface area (Å²) in [6.45, 7) is 6.18. The Balaban J connectivity index is 1.25. The Morgan fingerprint density at radius 3 is 2.55 bits per heavy atom. The third kappa shape index (κ3) is 5.20. The molecule has 1 aromatic heterocycles. The summed E-state index contributed by atoms with van der Waals surface area (Å²) in [5.41, 5.74) is 0.113. The van der Waals surface area contributed by atoms with Crippen molar-refractivity contribution in [3.63, 3.8) is 0 Å². The summed E-state index contributed by atoms with van der Waals surface area (Å²) in [7, 11) is 0. The van der Waals surface area contributed by atoms with Crippen LogP contribution < -0.4 is 15.5 Å². The van der Waals surface area contributed by atoms with Gasteiger partial charge in [-0.2, -0.15) is 0 Å². The number of anilines is 1. The fraction of sp³-hybridized carbons (Fsp3) is 0.727. The van der Waals surface area contributed by atoms with Crippen LogP contribution in [0.25, 0.3) is 0 Å². The second kappa shape index (κ2) is 9.76. The minimum atomic E-state index is -0.0144. The highest BCUT2D eigenvalue weighted by molar-refractivity contribution is 5.74. The van der Waals surface area contributed by atoms with E-state index < -0.39 is 0 Å². The van der Waals surface area contributed by atoms with Crippen molar-refractivity contribution in [3.8, 4) is 0 Å². The number of nitrogens with one attached hydrogen (secondary N) is 2. The van der Waals surface area contributed by atoms with Gasteiger partial charge in [-0.1, -0.05) is 25.3 Å². The molecule has 0 bridgehead atoms. The Morgan fingerprint density at radius 2 is 1.86 bits per heavy atom. The molecular weight excluding hydrogens is 366 g/mol. The largest absolute Gasteiger partial charge is 0.379 e. The van der Waals surface area contributed by atoms with Crippen LogP contribution in [0.15, 0.2) is 24.4 Å². The number of carbonyl (C=O) groups is 1. The van der Waals surface area contributed by atoms with Crippen LogP contribution in [0.4, 0.5) is 10.6 Å². The molecule has 2 amide bonds. The van der Waals surface area contributed by atoms with E-state index in [9.17, 15) is 4.79 Å². The van der Waals surface area contributed by atoms with Gasteiger partial charge in [0.25, 0.3) is 0 Å². The molecule has 3 aliphatic rings. The maximum atomic E-state index is 12.6. The summed E-state index contributed by atoms with van der Waals surface area (Å²) >= 11 is 0. The molecule has 3 heterocycles. The molecule has 0 atom stereocenters. The van der Waals surface area contributed by atoms with Crippen LogP contribution in [0.1, 0.15) is 44.9 Å². The van der Waals surface area contributed by atoms with E-state index in [0.717, 1.165) is 64.6 Å². The second-order valence-electron chi connectivity index (χ2n) is 8.66. The smallest absolute Gasteiger partial charge is 0.315 e. The van der Waals surface area contributed by atoms with E-state index in [2.05, 4.69) is 31.5 Å². The molecule has 160 valence electrons. The molecule has 1 saturated carbocycles. The lowest BCUT2D eigenvalue weighted by atomic mass is 9.80. The Morgan fingerprint density at radius 1 is 1.10 bits per heavy atom. The average molecular weight is 402 g/mol. The number of urea groups is 1. The van der Waals surface area contributed by atoms with Crippen LogP contribution in [-0.2, 0) is 4.74 Å². The fourth-order valence-electron chi connectivity index (χ4n) is 5.13. The number of hydrogen-bond acceptors (Lipinski definition) is 5. The lowest BCUT2D eigenvalue weighted by Crippen LogP contribution is -2.60. The van der Waals surface area contributed by atoms with Crippen molar-refractivity contribution in [2.45, 2.75) is 56.5 Å². The monoisotopic (exact) mass is 401 g/mol. The van der Waals surface area contributed by atoms with Crippen LogP contribution >= 0.6 is 0 Å². The van der Waals surface area contributed by atoms with Crippen molar-refractivity contribution in [2.24, 2.45) is 0 Å². The zero-order valence-electron chi connectivity index (χ0n) is 17.4. The van der Waals surface area contributed by atoms with Crippen molar-refractivity contribution < 1.29 is 9.53 Å². The van der Waals surface area contributed by atoms with Gasteiger partial charge in [0.15, 0.2) is 0 Å². The number of piperidine rings is 1. The van der Waals surface area contributed by atoms with Gasteiger partial charge in [-0.3, -0.25) is 4.90 Å². The molecule has 2 saturated heterocycles. The summed E-state index contributed by atoms with van der Waals surface area (Å²) < 4.78 is 5.55. The standard InChI is InChI=1S/C22H35N5O2/c28-21(25-19-7-12-26(13-8-19)20-6-2-5-11-23-20)24-18-22(9-3-1-4-10-22)27-14-16-29-17-15-27/h2,5-6,11,19H,1,3-4,7-10,12-18H2,(H2,24,25,28). The minimum Gasteiger partial charge on any atom is -0.379 e. The quantitative estimate of drug-likeness (QED) is 0.793. The summed E-state index contributed by atoms with van der Waals surface area (Å²) in [5, 5.41) is 6.43. The van der Waals surface area contributed by atoms with Crippen molar-refractivity contribution >= 4 is 11.8 Å². The first kappa shape index (κ1) is 20.4. The molecule has 4 rings (SSSR count). The van der Waals surface area contributed by atoms with Gasteiger partial charge in [-0.15, -0.1) is 0 Å². The van der Waals surface area contributed by atoms with E-state index in [-0.39, 0.29) is 17.6 Å². The lowest BCUT2D eigenvalue weighted by Gasteiger charge is -2.48. The molecule has 0 spiro atoms. The SMILES string of the molecule is O=C(NCC1(N2CCOCC2)CCCCC1)NC1CCN(c2ccccn2)CC1. The molecule has 29 heavy (non-hydrogen) atoms. The molecule has 0 unspecified atom stereocenters. The number of pyridine rings is 1. The van der Waals surface area contributed by atoms with Gasteiger partial charge >= 0.3 is 6.03 Å². The van der Waals surface area contributed by atoms with Crippen LogP contribution in [0, 0.1) is 0 Å². The molecule has 1 aliphatic carbocycles. The maximum Gasteiger partial charge on any atom is 0.315 e. The highest BCUT2D eigenvalue weighted by atomic mass is 16.5. The zero-order chi connectivity index (χ0) is 19.9. The molecule has 0 radical (unpaired) electrons. The van der Waals surface area contributed by atoms with Gasteiger partial charge < -0.3 is 20.3 Å². The number of morpholine rings is 1. The van der Waals surface area contributed by atoms with Crippen molar-refractivity contribution in [1.82, 2.24) is 20.5 Å². The predicted molar refractivity (Wildman–Crippen MR) is 114 cm³/mol. The van der Waals surface area contributed by atoms with Gasteiger partial charge in [-0.25, -0.2) is 9.78 Å². The van der Waals surface area contributed by atoms with Gasteiger partial charge in [0.05, 0.1) is 13.2 Å². The van der Waals surface area contributed by atoms with Gasteiger partial charge in [0.2, 0.25) is 0 Å². The maximum absolute atomic E-state index is 12.6. The first-order chi connectivity index (χ1) is 14.3. The van der Waals surface area contributed by atoms with Crippen LogP contribution in [0.3, 0.4) is 0 Å². The van der Waals surface area contributed by atoms with E-state index in [1.165, 1.54) is 32.1 Å². The molecule has 2 aliphatic heterocycles. The summed E-state index contributed by atoms with van der Waals surface area (Å²) in [5.74, 6) is 1.03. The third-order valence-electron chi connectivity index (χ3n) is 6.85. The Bertz CT molecular complexity index is 636. The fourth-order valence-corrected chi connectivity index (χ4v) is 5.13. The molecule has 7 nitrogen and oxygen atoms in total. The van der Waals surface area contributed by atoms with E-state index >= 15 is 0 Å². The third-order valence-corrected chi connectivity index (χ3v) is 6.85. The van der Waals surface area contributed by atoms with Crippen LogP contribution in [-0.4, -0.2) is 73.4 Å². The normalized spacial score (nSPS) is 23.5. The van der Waals surface area contributed by atoms with Gasteiger partial charge in [-0.05, 0) is 37.8 Å². The van der Waals surface area contributed by atoms with Crippen molar-refractivity contribution in [3.05, 3.63) is 24.4 Å². The Kier molecular flexibility index (Phi) is 6.87. The molecule has 3 fully saturated rings. The lowest BCUT2D eigenvalue weighted by molar-refractivity contribution is -0.0357. The number of rotatable bonds is 5. The van der Waals surface area contributed by atoms with Crippen molar-refractivity contribution in [2.75, 3.05) is 50.8 Å². The van der Waals surface area contributed by atoms with E-state index in [1.54, 1.807) is 0 Å². The number of carbonyl (C=O) groups excluding carboxylic acids is 1. The van der Waals surface area contributed by atoms with E-state index in [4.69, 9.17) is 4.74 Å². The molecular formula is C22H35N5O2. The summed E-state index contributed by atoms with van der Waals surface area (Å²) in [4.78, 5) is 21.9. The first-order valence-electron chi connectivity index (χ1n) is 11.3. The Labute approximate surface area is 174 Å². The number of ether oxygens (including phenoxy) is 1. The molecule has 1 aromatic rings. The Hall–Kier alpha value is -1.86. The van der Waals surface area contributed by atoms with Crippen LogP contribution in [0.5, 0.6) is 0 Å². The zero-order valence-corrected chi connectivity index (χ0v) is 17.4. The molecule has 2 N–H and O–H groups in total. The highest BCUT2D eigenvalue weighted by Gasteiger charge is 2.39. The first-order valence-corrected chi connectivity index (χ1v) is 11.3. The molecule has 7 heteroatoms. The summed E-state index contributed by atoms with van der Waals surface area (Å²) in [6, 6.07) is 6.24. The van der Waals surface area contributed by atoms with E-state index in [1.807, 2.05) is 18.3 Å². The summed E-state index contributed by atoms with van der Waals surface area (Å²) in [6.07, 6.45) is 9.93. The second-order valence-corrected chi connectivity index (χ2v) is 8.66. The average Bonchev–Trinajstić information content (AvgIpc) is 2.80. The number of aromatic nitrogens is 1. The number of amides is 2. The molecule has 0 aromatic carbocycles. The minimum absolute atomic E-state index is 0.0144. The number of hydrogen-bond donors (Lipinski definition) is 2. The number of nitrogens with zero attached hydrogens (tertiary/aromatic N) is 3. The van der Waals surface area contributed by atoms with Crippen molar-refractivity contribution in [1.29, 1.82) is 0 Å². The predicted octanol–water partition coefficient (Wildman–Crippen LogP) is 2.38. The van der Waals surface area contributed by atoms with E-state index in [0.29, 0.717) is 0 Å². The van der Waals surface area contributed by atoms with Gasteiger partial charge in [0.1, 0.15) is 5.82 Å². The van der Waals surface area contributed by atoms with Gasteiger partial charge in [0, 0.05) is 50.5 Å². The van der Waals surface area contributed by atoms with Crippen LogP contribution in [0.2, 0.25) is 0 Å². The highest BCUT2D eigenvalue weighted by Crippen LogP contribution is 2.33.